The van der Waals surface area contributed by atoms with Crippen LogP contribution in [0.1, 0.15) is 174 Å². The summed E-state index contributed by atoms with van der Waals surface area (Å²) >= 11 is 0. The molecule has 0 bridgehead atoms. The third kappa shape index (κ3) is 25.8. The standard InChI is InChI=1S/C32H60O4/c1-3-5-7-9-11-13-15-16-17-19-20-22-24-26-28-30(32(34)35)36-31(33)29-27-25-23-21-18-14-12-10-8-6-4-2/h10,12,30H,3-9,11,13-29H2,1-2H3,(H,34,35)/b12-10-. The average Bonchev–Trinajstić information content (AvgIpc) is 2.86. The molecule has 1 atom stereocenters. The van der Waals surface area contributed by atoms with E-state index in [4.69, 9.17) is 4.74 Å². The van der Waals surface area contributed by atoms with Gasteiger partial charge in [0.25, 0.3) is 0 Å². The minimum Gasteiger partial charge on any atom is -0.479 e. The molecule has 36 heavy (non-hydrogen) atoms. The van der Waals surface area contributed by atoms with E-state index < -0.39 is 12.1 Å². The molecule has 0 amide bonds. The van der Waals surface area contributed by atoms with E-state index in [1.165, 1.54) is 103 Å². The van der Waals surface area contributed by atoms with Crippen molar-refractivity contribution >= 4 is 11.9 Å². The van der Waals surface area contributed by atoms with Gasteiger partial charge in [-0.3, -0.25) is 4.79 Å². The largest absolute Gasteiger partial charge is 0.479 e. The van der Waals surface area contributed by atoms with Gasteiger partial charge >= 0.3 is 11.9 Å². The molecule has 0 heterocycles. The molecular weight excluding hydrogens is 448 g/mol. The third-order valence-corrected chi connectivity index (χ3v) is 7.01. The average molecular weight is 509 g/mol. The molecule has 0 aliphatic carbocycles. The Hall–Kier alpha value is -1.32. The van der Waals surface area contributed by atoms with Crippen molar-refractivity contribution in [1.82, 2.24) is 0 Å². The van der Waals surface area contributed by atoms with E-state index in [9.17, 15) is 14.7 Å². The number of allylic oxidation sites excluding steroid dienone is 2. The molecule has 1 unspecified atom stereocenters. The van der Waals surface area contributed by atoms with Crippen LogP contribution in [-0.4, -0.2) is 23.1 Å². The van der Waals surface area contributed by atoms with Crippen molar-refractivity contribution in [3.8, 4) is 0 Å². The number of hydrogen-bond acceptors (Lipinski definition) is 3. The molecule has 0 radical (unpaired) electrons. The topological polar surface area (TPSA) is 63.6 Å². The SMILES string of the molecule is CCCC/C=C\CCCCCCCC(=O)OC(CCCCCCCCCCCCCCCC)C(=O)O. The van der Waals surface area contributed by atoms with Crippen LogP contribution >= 0.6 is 0 Å². The normalized spacial score (nSPS) is 12.3. The molecule has 1 N–H and O–H groups in total. The Bertz CT molecular complexity index is 514. The summed E-state index contributed by atoms with van der Waals surface area (Å²) < 4.78 is 5.27. The zero-order chi connectivity index (χ0) is 26.5. The number of carbonyl (C=O) groups excluding carboxylic acids is 1. The fourth-order valence-corrected chi connectivity index (χ4v) is 4.59. The molecule has 0 aromatic heterocycles. The fourth-order valence-electron chi connectivity index (χ4n) is 4.59. The Morgan fingerprint density at radius 1 is 0.583 bits per heavy atom. The van der Waals surface area contributed by atoms with E-state index >= 15 is 0 Å². The minimum atomic E-state index is -1.01. The Morgan fingerprint density at radius 3 is 1.50 bits per heavy atom. The molecule has 4 nitrogen and oxygen atoms in total. The number of carbonyl (C=O) groups is 2. The second-order valence-electron chi connectivity index (χ2n) is 10.6. The van der Waals surface area contributed by atoms with Crippen molar-refractivity contribution < 1.29 is 19.4 Å². The Balaban J connectivity index is 3.59. The number of esters is 1. The zero-order valence-electron chi connectivity index (χ0n) is 24.1. The lowest BCUT2D eigenvalue weighted by atomic mass is 10.0. The summed E-state index contributed by atoms with van der Waals surface area (Å²) in [5, 5.41) is 9.40. The number of aliphatic carboxylic acids is 1. The first-order chi connectivity index (χ1) is 17.6. The summed E-state index contributed by atoms with van der Waals surface area (Å²) in [6.45, 7) is 4.48. The minimum absolute atomic E-state index is 0.333. The van der Waals surface area contributed by atoms with Gasteiger partial charge in [-0.15, -0.1) is 0 Å². The highest BCUT2D eigenvalue weighted by atomic mass is 16.6. The van der Waals surface area contributed by atoms with Crippen molar-refractivity contribution in [1.29, 1.82) is 0 Å². The smallest absolute Gasteiger partial charge is 0.345 e. The molecule has 0 saturated carbocycles. The summed E-state index contributed by atoms with van der Waals surface area (Å²) in [5.41, 5.74) is 0. The molecule has 0 saturated heterocycles. The molecule has 0 aromatic carbocycles. The number of hydrogen-bond donors (Lipinski definition) is 1. The quantitative estimate of drug-likeness (QED) is 0.0648. The van der Waals surface area contributed by atoms with Gasteiger partial charge in [0.15, 0.2) is 6.10 Å². The van der Waals surface area contributed by atoms with Gasteiger partial charge in [-0.05, 0) is 38.5 Å². The van der Waals surface area contributed by atoms with E-state index in [0.717, 1.165) is 44.9 Å². The lowest BCUT2D eigenvalue weighted by Gasteiger charge is -2.13. The second kappa shape index (κ2) is 28.3. The molecule has 0 aliphatic rings. The van der Waals surface area contributed by atoms with E-state index in [-0.39, 0.29) is 5.97 Å². The van der Waals surface area contributed by atoms with Crippen LogP contribution in [0.3, 0.4) is 0 Å². The van der Waals surface area contributed by atoms with Crippen LogP contribution in [-0.2, 0) is 14.3 Å². The first-order valence-corrected chi connectivity index (χ1v) is 15.7. The third-order valence-electron chi connectivity index (χ3n) is 7.01. The van der Waals surface area contributed by atoms with Gasteiger partial charge in [0, 0.05) is 6.42 Å². The van der Waals surface area contributed by atoms with Crippen LogP contribution < -0.4 is 0 Å². The first-order valence-electron chi connectivity index (χ1n) is 15.7. The maximum Gasteiger partial charge on any atom is 0.345 e. The summed E-state index contributed by atoms with van der Waals surface area (Å²) in [4.78, 5) is 23.5. The van der Waals surface area contributed by atoms with Gasteiger partial charge in [0.2, 0.25) is 0 Å². The van der Waals surface area contributed by atoms with Crippen molar-refractivity contribution in [3.05, 3.63) is 12.2 Å². The molecule has 0 spiro atoms. The lowest BCUT2D eigenvalue weighted by molar-refractivity contribution is -0.164. The Labute approximate surface area is 224 Å². The summed E-state index contributed by atoms with van der Waals surface area (Å²) in [6.07, 6.45) is 32.3. The van der Waals surface area contributed by atoms with Crippen molar-refractivity contribution in [2.75, 3.05) is 0 Å². The Morgan fingerprint density at radius 2 is 1.00 bits per heavy atom. The lowest BCUT2D eigenvalue weighted by Crippen LogP contribution is -2.27. The highest BCUT2D eigenvalue weighted by Gasteiger charge is 2.21. The number of carboxylic acid groups (broad SMARTS) is 1. The maximum absolute atomic E-state index is 12.1. The number of ether oxygens (including phenoxy) is 1. The van der Waals surface area contributed by atoms with Crippen LogP contribution in [0.15, 0.2) is 12.2 Å². The van der Waals surface area contributed by atoms with Crippen molar-refractivity contribution in [3.63, 3.8) is 0 Å². The summed E-state index contributed by atoms with van der Waals surface area (Å²) in [7, 11) is 0. The molecular formula is C32H60O4. The van der Waals surface area contributed by atoms with Crippen LogP contribution in [0.2, 0.25) is 0 Å². The summed E-state index contributed by atoms with van der Waals surface area (Å²) in [5.74, 6) is -1.36. The van der Waals surface area contributed by atoms with E-state index in [2.05, 4.69) is 26.0 Å². The molecule has 4 heteroatoms. The van der Waals surface area contributed by atoms with Gasteiger partial charge < -0.3 is 9.84 Å². The van der Waals surface area contributed by atoms with Gasteiger partial charge in [-0.2, -0.15) is 0 Å². The predicted molar refractivity (Wildman–Crippen MR) is 153 cm³/mol. The van der Waals surface area contributed by atoms with Crippen LogP contribution in [0.4, 0.5) is 0 Å². The zero-order valence-corrected chi connectivity index (χ0v) is 24.1. The fraction of sp³-hybridized carbons (Fsp3) is 0.875. The van der Waals surface area contributed by atoms with Crippen LogP contribution in [0.25, 0.3) is 0 Å². The van der Waals surface area contributed by atoms with Gasteiger partial charge in [0.1, 0.15) is 0 Å². The molecule has 0 aromatic rings. The highest BCUT2D eigenvalue weighted by molar-refractivity contribution is 5.77. The molecule has 212 valence electrons. The van der Waals surface area contributed by atoms with E-state index in [1.807, 2.05) is 0 Å². The number of carboxylic acids is 1. The first kappa shape index (κ1) is 34.7. The molecule has 0 aliphatic heterocycles. The maximum atomic E-state index is 12.1. The van der Waals surface area contributed by atoms with Gasteiger partial charge in [-0.25, -0.2) is 4.79 Å². The van der Waals surface area contributed by atoms with Gasteiger partial charge in [0.05, 0.1) is 0 Å². The van der Waals surface area contributed by atoms with Crippen LogP contribution in [0, 0.1) is 0 Å². The number of rotatable bonds is 28. The number of unbranched alkanes of at least 4 members (excludes halogenated alkanes) is 20. The Kier molecular flexibility index (Phi) is 27.2. The monoisotopic (exact) mass is 508 g/mol. The van der Waals surface area contributed by atoms with E-state index in [1.54, 1.807) is 0 Å². The second-order valence-corrected chi connectivity index (χ2v) is 10.6. The highest BCUT2D eigenvalue weighted by Crippen LogP contribution is 2.15. The predicted octanol–water partition coefficient (Wildman–Crippen LogP) is 10.3. The van der Waals surface area contributed by atoms with Crippen LogP contribution in [0.5, 0.6) is 0 Å². The molecule has 0 rings (SSSR count). The van der Waals surface area contributed by atoms with Crippen molar-refractivity contribution in [2.24, 2.45) is 0 Å². The molecule has 0 fully saturated rings. The van der Waals surface area contributed by atoms with Gasteiger partial charge in [-0.1, -0.05) is 142 Å². The van der Waals surface area contributed by atoms with E-state index in [0.29, 0.717) is 12.8 Å². The summed E-state index contributed by atoms with van der Waals surface area (Å²) in [6, 6.07) is 0. The van der Waals surface area contributed by atoms with Crippen molar-refractivity contribution in [2.45, 2.75) is 180 Å².